The van der Waals surface area contributed by atoms with Crippen LogP contribution in [0.3, 0.4) is 0 Å². The van der Waals surface area contributed by atoms with Crippen molar-refractivity contribution in [1.29, 1.82) is 0 Å². The highest BCUT2D eigenvalue weighted by molar-refractivity contribution is 5.77. The number of carbonyl (C=O) groups is 1. The minimum Gasteiger partial charge on any atom is -0.383 e. The van der Waals surface area contributed by atoms with Crippen LogP contribution in [0.15, 0.2) is 18.2 Å². The van der Waals surface area contributed by atoms with Gasteiger partial charge in [-0.15, -0.1) is 0 Å². The zero-order valence-corrected chi connectivity index (χ0v) is 10.1. The van der Waals surface area contributed by atoms with Gasteiger partial charge in [-0.25, -0.2) is 8.78 Å². The van der Waals surface area contributed by atoms with Gasteiger partial charge in [0.05, 0.1) is 13.2 Å². The van der Waals surface area contributed by atoms with E-state index in [-0.39, 0.29) is 12.5 Å². The van der Waals surface area contributed by atoms with Crippen LogP contribution in [0.1, 0.15) is 5.56 Å². The Morgan fingerprint density at radius 1 is 1.33 bits per heavy atom. The molecule has 0 radical (unpaired) electrons. The lowest BCUT2D eigenvalue weighted by atomic mass is 10.2. The van der Waals surface area contributed by atoms with Crippen molar-refractivity contribution in [3.63, 3.8) is 0 Å². The minimum atomic E-state index is -0.890. The van der Waals surface area contributed by atoms with Gasteiger partial charge >= 0.3 is 0 Å². The van der Waals surface area contributed by atoms with Crippen molar-refractivity contribution in [2.45, 2.75) is 6.54 Å². The van der Waals surface area contributed by atoms with E-state index in [1.165, 1.54) is 6.07 Å². The third kappa shape index (κ3) is 5.20. The van der Waals surface area contributed by atoms with E-state index in [2.05, 4.69) is 10.6 Å². The number of amides is 1. The largest absolute Gasteiger partial charge is 0.383 e. The molecular formula is C12H16F2N2O2. The van der Waals surface area contributed by atoms with Crippen LogP contribution in [0.2, 0.25) is 0 Å². The molecule has 1 amide bonds. The standard InChI is InChI=1S/C12H16F2N2O2/c1-18-5-4-16-12(17)8-15-7-9-2-3-10(13)11(14)6-9/h2-3,6,15H,4-5,7-8H2,1H3,(H,16,17). The maximum atomic E-state index is 12.9. The van der Waals surface area contributed by atoms with E-state index in [4.69, 9.17) is 4.74 Å². The van der Waals surface area contributed by atoms with Gasteiger partial charge in [-0.1, -0.05) is 6.07 Å². The second kappa shape index (κ2) is 7.73. The Labute approximate surface area is 104 Å². The molecule has 6 heteroatoms. The van der Waals surface area contributed by atoms with Gasteiger partial charge in [-0.3, -0.25) is 4.79 Å². The Balaban J connectivity index is 2.24. The smallest absolute Gasteiger partial charge is 0.234 e. The lowest BCUT2D eigenvalue weighted by Crippen LogP contribution is -2.35. The zero-order valence-electron chi connectivity index (χ0n) is 10.1. The summed E-state index contributed by atoms with van der Waals surface area (Å²) in [4.78, 5) is 11.3. The van der Waals surface area contributed by atoms with E-state index in [1.807, 2.05) is 0 Å². The highest BCUT2D eigenvalue weighted by Crippen LogP contribution is 2.07. The van der Waals surface area contributed by atoms with Gasteiger partial charge in [-0.05, 0) is 17.7 Å². The number of ether oxygens (including phenoxy) is 1. The van der Waals surface area contributed by atoms with Crippen LogP contribution in [-0.2, 0) is 16.1 Å². The number of methoxy groups -OCH3 is 1. The number of benzene rings is 1. The van der Waals surface area contributed by atoms with Crippen molar-refractivity contribution >= 4 is 5.91 Å². The third-order valence-corrected chi connectivity index (χ3v) is 2.23. The molecule has 1 aromatic rings. The molecule has 4 nitrogen and oxygen atoms in total. The van der Waals surface area contributed by atoms with Gasteiger partial charge < -0.3 is 15.4 Å². The van der Waals surface area contributed by atoms with Crippen LogP contribution in [0.25, 0.3) is 0 Å². The highest BCUT2D eigenvalue weighted by Gasteiger charge is 2.03. The summed E-state index contributed by atoms with van der Waals surface area (Å²) in [6.45, 7) is 1.31. The second-order valence-corrected chi connectivity index (χ2v) is 3.69. The van der Waals surface area contributed by atoms with Crippen molar-refractivity contribution in [2.24, 2.45) is 0 Å². The molecule has 100 valence electrons. The zero-order chi connectivity index (χ0) is 13.4. The first-order valence-corrected chi connectivity index (χ1v) is 5.53. The number of nitrogens with one attached hydrogen (secondary N) is 2. The van der Waals surface area contributed by atoms with Crippen LogP contribution < -0.4 is 10.6 Å². The molecule has 0 bridgehead atoms. The molecule has 0 aliphatic carbocycles. The van der Waals surface area contributed by atoms with Crippen LogP contribution in [0.4, 0.5) is 8.78 Å². The number of rotatable bonds is 7. The number of halogens is 2. The third-order valence-electron chi connectivity index (χ3n) is 2.23. The molecule has 18 heavy (non-hydrogen) atoms. The first-order valence-electron chi connectivity index (χ1n) is 5.53. The molecule has 1 rings (SSSR count). The number of hydrogen-bond donors (Lipinski definition) is 2. The molecule has 2 N–H and O–H groups in total. The van der Waals surface area contributed by atoms with E-state index >= 15 is 0 Å². The van der Waals surface area contributed by atoms with Gasteiger partial charge in [-0.2, -0.15) is 0 Å². The SMILES string of the molecule is COCCNC(=O)CNCc1ccc(F)c(F)c1. The van der Waals surface area contributed by atoms with E-state index in [9.17, 15) is 13.6 Å². The van der Waals surface area contributed by atoms with Crippen molar-refractivity contribution < 1.29 is 18.3 Å². The fraction of sp³-hybridized carbons (Fsp3) is 0.417. The maximum Gasteiger partial charge on any atom is 0.234 e. The number of carbonyl (C=O) groups excluding carboxylic acids is 1. The summed E-state index contributed by atoms with van der Waals surface area (Å²) in [6.07, 6.45) is 0. The van der Waals surface area contributed by atoms with Crippen LogP contribution in [0, 0.1) is 11.6 Å². The fourth-order valence-electron chi connectivity index (χ4n) is 1.32. The predicted octanol–water partition coefficient (Wildman–Crippen LogP) is 0.817. The summed E-state index contributed by atoms with van der Waals surface area (Å²) in [5.74, 6) is -1.94. The first kappa shape index (κ1) is 14.5. The first-order chi connectivity index (χ1) is 8.63. The molecule has 0 saturated carbocycles. The second-order valence-electron chi connectivity index (χ2n) is 3.69. The van der Waals surface area contributed by atoms with Gasteiger partial charge in [0.2, 0.25) is 5.91 Å². The van der Waals surface area contributed by atoms with Gasteiger partial charge in [0.25, 0.3) is 0 Å². The number of hydrogen-bond acceptors (Lipinski definition) is 3. The summed E-state index contributed by atoms with van der Waals surface area (Å²) in [5, 5.41) is 5.46. The molecule has 0 unspecified atom stereocenters. The summed E-state index contributed by atoms with van der Waals surface area (Å²) >= 11 is 0. The Kier molecular flexibility index (Phi) is 6.24. The van der Waals surface area contributed by atoms with Crippen molar-refractivity contribution in [2.75, 3.05) is 26.8 Å². The van der Waals surface area contributed by atoms with Gasteiger partial charge in [0, 0.05) is 20.2 Å². The average Bonchev–Trinajstić information content (AvgIpc) is 2.34. The molecule has 0 aliphatic rings. The van der Waals surface area contributed by atoms with Crippen LogP contribution in [0.5, 0.6) is 0 Å². The van der Waals surface area contributed by atoms with Gasteiger partial charge in [0.1, 0.15) is 0 Å². The highest BCUT2D eigenvalue weighted by atomic mass is 19.2. The monoisotopic (exact) mass is 258 g/mol. The van der Waals surface area contributed by atoms with Crippen LogP contribution in [-0.4, -0.2) is 32.7 Å². The van der Waals surface area contributed by atoms with E-state index in [0.717, 1.165) is 12.1 Å². The minimum absolute atomic E-state index is 0.114. The summed E-state index contributed by atoms with van der Waals surface area (Å²) in [5.41, 5.74) is 0.582. The summed E-state index contributed by atoms with van der Waals surface area (Å²) in [6, 6.07) is 3.63. The molecule has 0 atom stereocenters. The normalized spacial score (nSPS) is 10.4. The molecule has 0 saturated heterocycles. The van der Waals surface area contributed by atoms with Crippen LogP contribution >= 0.6 is 0 Å². The van der Waals surface area contributed by atoms with E-state index in [1.54, 1.807) is 7.11 Å². The van der Waals surface area contributed by atoms with E-state index < -0.39 is 11.6 Å². The fourth-order valence-corrected chi connectivity index (χ4v) is 1.32. The quantitative estimate of drug-likeness (QED) is 0.712. The van der Waals surface area contributed by atoms with E-state index in [0.29, 0.717) is 25.3 Å². The van der Waals surface area contributed by atoms with Crippen molar-refractivity contribution in [3.05, 3.63) is 35.4 Å². The summed E-state index contributed by atoms with van der Waals surface area (Å²) < 4.78 is 30.3. The Morgan fingerprint density at radius 3 is 2.78 bits per heavy atom. The Morgan fingerprint density at radius 2 is 2.11 bits per heavy atom. The molecule has 0 aliphatic heterocycles. The molecule has 0 fully saturated rings. The molecule has 0 spiro atoms. The van der Waals surface area contributed by atoms with Gasteiger partial charge in [0.15, 0.2) is 11.6 Å². The topological polar surface area (TPSA) is 50.4 Å². The predicted molar refractivity (Wildman–Crippen MR) is 63.0 cm³/mol. The Bertz CT molecular complexity index is 400. The van der Waals surface area contributed by atoms with Crippen molar-refractivity contribution in [1.82, 2.24) is 10.6 Å². The molecule has 1 aromatic carbocycles. The lowest BCUT2D eigenvalue weighted by molar-refractivity contribution is -0.120. The Hall–Kier alpha value is -1.53. The maximum absolute atomic E-state index is 12.9. The lowest BCUT2D eigenvalue weighted by Gasteiger charge is -2.06. The summed E-state index contributed by atoms with van der Waals surface area (Å²) in [7, 11) is 1.55. The average molecular weight is 258 g/mol. The van der Waals surface area contributed by atoms with Crippen molar-refractivity contribution in [3.8, 4) is 0 Å². The molecule has 0 heterocycles. The molecular weight excluding hydrogens is 242 g/mol. The molecule has 0 aromatic heterocycles.